The lowest BCUT2D eigenvalue weighted by Gasteiger charge is -2.33. The largest absolute Gasteiger partial charge is 0.309 e. The lowest BCUT2D eigenvalue weighted by molar-refractivity contribution is 0.220. The molecule has 0 bridgehead atoms. The van der Waals surface area contributed by atoms with Crippen molar-refractivity contribution < 1.29 is 0 Å². The maximum Gasteiger partial charge on any atom is 0.0931 e. The van der Waals surface area contributed by atoms with E-state index in [1.165, 1.54) is 43.4 Å². The zero-order chi connectivity index (χ0) is 13.7. The van der Waals surface area contributed by atoms with Gasteiger partial charge in [0.2, 0.25) is 0 Å². The number of halogens is 1. The fraction of sp³-hybridized carbons (Fsp3) is 0.750. The Labute approximate surface area is 126 Å². The molecule has 1 fully saturated rings. The third-order valence-electron chi connectivity index (χ3n) is 4.45. The molecule has 3 heteroatoms. The topological polar surface area (TPSA) is 12.0 Å². The highest BCUT2D eigenvalue weighted by molar-refractivity contribution is 7.16. The highest BCUT2D eigenvalue weighted by Gasteiger charge is 2.28. The van der Waals surface area contributed by atoms with Crippen LogP contribution in [0.15, 0.2) is 12.1 Å². The van der Waals surface area contributed by atoms with Crippen molar-refractivity contribution in [2.45, 2.75) is 58.4 Å². The zero-order valence-electron chi connectivity index (χ0n) is 12.1. The minimum Gasteiger partial charge on any atom is -0.309 e. The summed E-state index contributed by atoms with van der Waals surface area (Å²) in [4.78, 5) is 1.43. The van der Waals surface area contributed by atoms with Gasteiger partial charge in [-0.05, 0) is 49.8 Å². The molecule has 108 valence electrons. The average Bonchev–Trinajstić information content (AvgIpc) is 2.86. The van der Waals surface area contributed by atoms with E-state index in [0.717, 1.165) is 22.7 Å². The van der Waals surface area contributed by atoms with Crippen LogP contribution in [0.3, 0.4) is 0 Å². The standard InChI is InChI=1S/C16H26ClNS/c1-3-11-18-16(14-9-10-15(17)19-14)13-7-5-12(4-2)6-8-13/h9-10,12-13,16,18H,3-8,11H2,1-2H3. The Hall–Kier alpha value is -0.0500. The van der Waals surface area contributed by atoms with Gasteiger partial charge in [-0.15, -0.1) is 11.3 Å². The van der Waals surface area contributed by atoms with Gasteiger partial charge in [0, 0.05) is 10.9 Å². The first-order chi connectivity index (χ1) is 9.24. The normalized spacial score (nSPS) is 25.4. The molecule has 0 aromatic carbocycles. The van der Waals surface area contributed by atoms with Crippen LogP contribution in [0, 0.1) is 11.8 Å². The summed E-state index contributed by atoms with van der Waals surface area (Å²) in [5, 5.41) is 3.75. The third kappa shape index (κ3) is 4.21. The molecule has 0 radical (unpaired) electrons. The van der Waals surface area contributed by atoms with Gasteiger partial charge in [-0.25, -0.2) is 0 Å². The van der Waals surface area contributed by atoms with Crippen LogP contribution in [-0.4, -0.2) is 6.54 Å². The van der Waals surface area contributed by atoms with E-state index in [0.29, 0.717) is 6.04 Å². The molecule has 0 spiro atoms. The summed E-state index contributed by atoms with van der Waals surface area (Å²) in [6.45, 7) is 5.67. The summed E-state index contributed by atoms with van der Waals surface area (Å²) in [7, 11) is 0. The van der Waals surface area contributed by atoms with Crippen molar-refractivity contribution in [1.82, 2.24) is 5.32 Å². The summed E-state index contributed by atoms with van der Waals surface area (Å²) in [5.41, 5.74) is 0. The lowest BCUT2D eigenvalue weighted by Crippen LogP contribution is -2.31. The second-order valence-electron chi connectivity index (χ2n) is 5.76. The Morgan fingerprint density at radius 1 is 1.26 bits per heavy atom. The molecule has 1 saturated carbocycles. The summed E-state index contributed by atoms with van der Waals surface area (Å²) in [5.74, 6) is 1.76. The quantitative estimate of drug-likeness (QED) is 0.715. The van der Waals surface area contributed by atoms with E-state index in [4.69, 9.17) is 11.6 Å². The number of thiophene rings is 1. The number of hydrogen-bond donors (Lipinski definition) is 1. The van der Waals surface area contributed by atoms with Crippen molar-refractivity contribution >= 4 is 22.9 Å². The molecule has 19 heavy (non-hydrogen) atoms. The van der Waals surface area contributed by atoms with Gasteiger partial charge in [-0.2, -0.15) is 0 Å². The van der Waals surface area contributed by atoms with Gasteiger partial charge in [-0.1, -0.05) is 44.7 Å². The fourth-order valence-electron chi connectivity index (χ4n) is 3.22. The number of rotatable bonds is 6. The monoisotopic (exact) mass is 299 g/mol. The minimum atomic E-state index is 0.523. The smallest absolute Gasteiger partial charge is 0.0931 e. The van der Waals surface area contributed by atoms with Gasteiger partial charge in [0.1, 0.15) is 0 Å². The van der Waals surface area contributed by atoms with Crippen LogP contribution in [0.4, 0.5) is 0 Å². The highest BCUT2D eigenvalue weighted by atomic mass is 35.5. The Morgan fingerprint density at radius 2 is 2.00 bits per heavy atom. The summed E-state index contributed by atoms with van der Waals surface area (Å²) in [6.07, 6.45) is 8.10. The van der Waals surface area contributed by atoms with Gasteiger partial charge >= 0.3 is 0 Å². The first-order valence-corrected chi connectivity index (χ1v) is 8.92. The van der Waals surface area contributed by atoms with Gasteiger partial charge in [0.25, 0.3) is 0 Å². The van der Waals surface area contributed by atoms with Crippen LogP contribution < -0.4 is 5.32 Å². The van der Waals surface area contributed by atoms with E-state index < -0.39 is 0 Å². The van der Waals surface area contributed by atoms with Gasteiger partial charge < -0.3 is 5.32 Å². The maximum absolute atomic E-state index is 6.11. The molecule has 1 aromatic rings. The Kier molecular flexibility index (Phi) is 6.18. The molecule has 1 heterocycles. The van der Waals surface area contributed by atoms with Crippen molar-refractivity contribution in [2.75, 3.05) is 6.54 Å². The van der Waals surface area contributed by atoms with Crippen LogP contribution in [-0.2, 0) is 0 Å². The van der Waals surface area contributed by atoms with Crippen molar-refractivity contribution in [3.8, 4) is 0 Å². The van der Waals surface area contributed by atoms with Crippen molar-refractivity contribution in [2.24, 2.45) is 11.8 Å². The van der Waals surface area contributed by atoms with Crippen LogP contribution in [0.25, 0.3) is 0 Å². The van der Waals surface area contributed by atoms with Crippen molar-refractivity contribution in [3.63, 3.8) is 0 Å². The third-order valence-corrected chi connectivity index (χ3v) is 5.77. The predicted molar refractivity (Wildman–Crippen MR) is 86.1 cm³/mol. The average molecular weight is 300 g/mol. The molecule has 0 aliphatic heterocycles. The number of hydrogen-bond acceptors (Lipinski definition) is 2. The van der Waals surface area contributed by atoms with E-state index in [-0.39, 0.29) is 0 Å². The second kappa shape index (κ2) is 7.66. The molecular formula is C16H26ClNS. The molecule has 0 amide bonds. The van der Waals surface area contributed by atoms with Crippen molar-refractivity contribution in [1.29, 1.82) is 0 Å². The fourth-order valence-corrected chi connectivity index (χ4v) is 4.45. The summed E-state index contributed by atoms with van der Waals surface area (Å²) < 4.78 is 0.917. The Morgan fingerprint density at radius 3 is 2.53 bits per heavy atom. The molecule has 2 rings (SSSR count). The lowest BCUT2D eigenvalue weighted by atomic mass is 9.77. The van der Waals surface area contributed by atoms with Gasteiger partial charge in [0.15, 0.2) is 0 Å². The van der Waals surface area contributed by atoms with Gasteiger partial charge in [-0.3, -0.25) is 0 Å². The second-order valence-corrected chi connectivity index (χ2v) is 7.51. The molecule has 1 aromatic heterocycles. The molecular weight excluding hydrogens is 274 g/mol. The summed E-state index contributed by atoms with van der Waals surface area (Å²) >= 11 is 7.86. The van der Waals surface area contributed by atoms with E-state index in [1.807, 2.05) is 6.07 Å². The van der Waals surface area contributed by atoms with Crippen LogP contribution in [0.5, 0.6) is 0 Å². The number of nitrogens with one attached hydrogen (secondary N) is 1. The van der Waals surface area contributed by atoms with E-state index in [9.17, 15) is 0 Å². The summed E-state index contributed by atoms with van der Waals surface area (Å²) in [6, 6.07) is 4.78. The molecule has 0 saturated heterocycles. The first-order valence-electron chi connectivity index (χ1n) is 7.73. The first kappa shape index (κ1) is 15.3. The van der Waals surface area contributed by atoms with E-state index >= 15 is 0 Å². The van der Waals surface area contributed by atoms with E-state index in [1.54, 1.807) is 11.3 Å². The molecule has 1 N–H and O–H groups in total. The SMILES string of the molecule is CCCNC(c1ccc(Cl)s1)C1CCC(CC)CC1. The molecule has 1 aliphatic carbocycles. The van der Waals surface area contributed by atoms with Crippen LogP contribution in [0.2, 0.25) is 4.34 Å². The van der Waals surface area contributed by atoms with Crippen molar-refractivity contribution in [3.05, 3.63) is 21.3 Å². The molecule has 1 nitrogen and oxygen atoms in total. The van der Waals surface area contributed by atoms with Crippen LogP contribution in [0.1, 0.15) is 63.3 Å². The minimum absolute atomic E-state index is 0.523. The Balaban J connectivity index is 2.01. The van der Waals surface area contributed by atoms with Gasteiger partial charge in [0.05, 0.1) is 4.34 Å². The van der Waals surface area contributed by atoms with Crippen LogP contribution >= 0.6 is 22.9 Å². The highest BCUT2D eigenvalue weighted by Crippen LogP contribution is 2.40. The maximum atomic E-state index is 6.11. The molecule has 1 aliphatic rings. The molecule has 1 unspecified atom stereocenters. The Bertz CT molecular complexity index is 369. The predicted octanol–water partition coefficient (Wildman–Crippen LogP) is 5.66. The molecule has 1 atom stereocenters. The zero-order valence-corrected chi connectivity index (χ0v) is 13.7. The van der Waals surface area contributed by atoms with E-state index in [2.05, 4.69) is 25.2 Å².